The van der Waals surface area contributed by atoms with Crippen molar-refractivity contribution in [3.05, 3.63) is 117 Å². The average molecular weight is 501 g/mol. The Morgan fingerprint density at radius 1 is 1.17 bits per heavy atom. The van der Waals surface area contributed by atoms with Crippen LogP contribution in [-0.4, -0.2) is 45.0 Å². The van der Waals surface area contributed by atoms with Gasteiger partial charge in [-0.3, -0.25) is 14.3 Å². The quantitative estimate of drug-likeness (QED) is 0.366. The SMILES string of the molecule is C=C(C)C(O[C@H]1[C@@H](F)[C@H](n2ccc(=O)[nH]c2=O)O[C@@]1(CO)CCl)(c1ccccc1)c1ccccc1. The maximum absolute atomic E-state index is 16.2. The lowest BCUT2D eigenvalue weighted by Gasteiger charge is -2.42. The van der Waals surface area contributed by atoms with Gasteiger partial charge in [-0.2, -0.15) is 0 Å². The number of aromatic amines is 1. The van der Waals surface area contributed by atoms with Crippen molar-refractivity contribution in [2.45, 2.75) is 36.6 Å². The maximum Gasteiger partial charge on any atom is 0.330 e. The van der Waals surface area contributed by atoms with Gasteiger partial charge in [-0.1, -0.05) is 67.2 Å². The standard InChI is InChI=1S/C26H26ClFN2O5/c1-17(2)26(18-9-5-3-6-10-18,19-11-7-4-8-12-19)34-22-21(28)23(35-25(22,15-27)16-31)30-14-13-20(32)29-24(30)33/h3-14,21-23,31H,1,15-16H2,2H3,(H,29,32,33)/t21-,22+,23-,25-/m1/s1. The van der Waals surface area contributed by atoms with E-state index in [9.17, 15) is 14.7 Å². The highest BCUT2D eigenvalue weighted by Crippen LogP contribution is 2.48. The van der Waals surface area contributed by atoms with E-state index >= 15 is 4.39 Å². The number of nitrogens with one attached hydrogen (secondary N) is 1. The third-order valence-corrected chi connectivity index (χ3v) is 6.77. The van der Waals surface area contributed by atoms with Gasteiger partial charge in [0.05, 0.1) is 12.5 Å². The number of aliphatic hydroxyl groups excluding tert-OH is 1. The van der Waals surface area contributed by atoms with Crippen molar-refractivity contribution < 1.29 is 19.0 Å². The molecule has 1 aliphatic rings. The highest BCUT2D eigenvalue weighted by molar-refractivity contribution is 6.18. The molecule has 35 heavy (non-hydrogen) atoms. The lowest BCUT2D eigenvalue weighted by atomic mass is 9.80. The van der Waals surface area contributed by atoms with Crippen molar-refractivity contribution >= 4 is 11.6 Å². The fourth-order valence-corrected chi connectivity index (χ4v) is 4.83. The van der Waals surface area contributed by atoms with Gasteiger partial charge >= 0.3 is 5.69 Å². The number of hydrogen-bond donors (Lipinski definition) is 2. The highest BCUT2D eigenvalue weighted by Gasteiger charge is 2.59. The summed E-state index contributed by atoms with van der Waals surface area (Å²) < 4.78 is 29.7. The zero-order chi connectivity index (χ0) is 25.2. The molecule has 1 saturated heterocycles. The molecule has 2 aromatic carbocycles. The molecule has 1 aromatic heterocycles. The Hall–Kier alpha value is -3.04. The lowest BCUT2D eigenvalue weighted by molar-refractivity contribution is -0.154. The second-order valence-corrected chi connectivity index (χ2v) is 8.83. The summed E-state index contributed by atoms with van der Waals surface area (Å²) in [5.74, 6) is -0.320. The van der Waals surface area contributed by atoms with E-state index in [1.807, 2.05) is 60.7 Å². The monoisotopic (exact) mass is 500 g/mol. The number of aromatic nitrogens is 2. The Bertz CT molecular complexity index is 1250. The molecule has 0 unspecified atom stereocenters. The van der Waals surface area contributed by atoms with E-state index < -0.39 is 47.6 Å². The first-order valence-corrected chi connectivity index (χ1v) is 11.6. The number of halogens is 2. The van der Waals surface area contributed by atoms with Crippen LogP contribution < -0.4 is 11.2 Å². The van der Waals surface area contributed by atoms with Crippen LogP contribution in [0.2, 0.25) is 0 Å². The first-order chi connectivity index (χ1) is 16.8. The molecule has 3 aromatic rings. The molecule has 0 aliphatic carbocycles. The Kier molecular flexibility index (Phi) is 7.10. The highest BCUT2D eigenvalue weighted by atomic mass is 35.5. The summed E-state index contributed by atoms with van der Waals surface area (Å²) >= 11 is 6.24. The van der Waals surface area contributed by atoms with Gasteiger partial charge in [0.15, 0.2) is 12.4 Å². The maximum atomic E-state index is 16.2. The third-order valence-electron chi connectivity index (χ3n) is 6.32. The third kappa shape index (κ3) is 4.27. The Morgan fingerprint density at radius 3 is 2.20 bits per heavy atom. The summed E-state index contributed by atoms with van der Waals surface area (Å²) in [5.41, 5.74) is -2.55. The molecule has 1 fully saturated rings. The van der Waals surface area contributed by atoms with E-state index in [1.54, 1.807) is 6.92 Å². The minimum Gasteiger partial charge on any atom is -0.393 e. The molecule has 0 bridgehead atoms. The molecule has 2 N–H and O–H groups in total. The summed E-state index contributed by atoms with van der Waals surface area (Å²) in [6.45, 7) is 5.27. The Labute approximate surface area is 206 Å². The molecule has 4 rings (SSSR count). The molecule has 0 amide bonds. The number of hydrogen-bond acceptors (Lipinski definition) is 5. The molecule has 184 valence electrons. The summed E-state index contributed by atoms with van der Waals surface area (Å²) in [6, 6.07) is 19.5. The minimum absolute atomic E-state index is 0.320. The summed E-state index contributed by atoms with van der Waals surface area (Å²) in [4.78, 5) is 26.0. The van der Waals surface area contributed by atoms with Gasteiger partial charge in [0.2, 0.25) is 0 Å². The molecule has 2 heterocycles. The fraction of sp³-hybridized carbons (Fsp3) is 0.308. The number of nitrogens with zero attached hydrogens (tertiary/aromatic N) is 1. The van der Waals surface area contributed by atoms with Crippen molar-refractivity contribution in [3.63, 3.8) is 0 Å². The lowest BCUT2D eigenvalue weighted by Crippen LogP contribution is -2.52. The van der Waals surface area contributed by atoms with Gasteiger partial charge in [-0.25, -0.2) is 9.18 Å². The average Bonchev–Trinajstić information content (AvgIpc) is 3.14. The van der Waals surface area contributed by atoms with Crippen LogP contribution in [0.4, 0.5) is 4.39 Å². The van der Waals surface area contributed by atoms with E-state index in [1.165, 1.54) is 0 Å². The zero-order valence-corrected chi connectivity index (χ0v) is 19.8. The van der Waals surface area contributed by atoms with Gasteiger partial charge < -0.3 is 14.6 Å². The van der Waals surface area contributed by atoms with E-state index in [-0.39, 0.29) is 5.88 Å². The van der Waals surface area contributed by atoms with Crippen LogP contribution in [0.3, 0.4) is 0 Å². The van der Waals surface area contributed by atoms with Crippen LogP contribution in [0.5, 0.6) is 0 Å². The number of ether oxygens (including phenoxy) is 2. The second-order valence-electron chi connectivity index (χ2n) is 8.56. The molecular formula is C26H26ClFN2O5. The predicted molar refractivity (Wildman–Crippen MR) is 130 cm³/mol. The van der Waals surface area contributed by atoms with Crippen LogP contribution in [0.15, 0.2) is 94.7 Å². The molecule has 0 radical (unpaired) electrons. The largest absolute Gasteiger partial charge is 0.393 e. The smallest absolute Gasteiger partial charge is 0.330 e. The van der Waals surface area contributed by atoms with E-state index in [4.69, 9.17) is 21.1 Å². The number of H-pyrrole nitrogens is 1. The zero-order valence-electron chi connectivity index (χ0n) is 19.1. The van der Waals surface area contributed by atoms with E-state index in [2.05, 4.69) is 11.6 Å². The summed E-state index contributed by atoms with van der Waals surface area (Å²) in [5, 5.41) is 10.3. The minimum atomic E-state index is -1.93. The first kappa shape index (κ1) is 25.1. The van der Waals surface area contributed by atoms with Gasteiger partial charge in [-0.05, 0) is 23.6 Å². The van der Waals surface area contributed by atoms with Crippen LogP contribution >= 0.6 is 11.6 Å². The van der Waals surface area contributed by atoms with Crippen LogP contribution in [-0.2, 0) is 15.1 Å². The second kappa shape index (κ2) is 9.91. The molecule has 0 saturated carbocycles. The molecule has 4 atom stereocenters. The molecule has 9 heteroatoms. The van der Waals surface area contributed by atoms with Crippen molar-refractivity contribution in [3.8, 4) is 0 Å². The number of benzene rings is 2. The molecular weight excluding hydrogens is 475 g/mol. The fourth-order valence-electron chi connectivity index (χ4n) is 4.53. The van der Waals surface area contributed by atoms with Gasteiger partial charge in [0.1, 0.15) is 17.3 Å². The number of alkyl halides is 2. The van der Waals surface area contributed by atoms with Crippen molar-refractivity contribution in [1.82, 2.24) is 9.55 Å². The number of aliphatic hydroxyl groups is 1. The Balaban J connectivity index is 1.88. The van der Waals surface area contributed by atoms with Gasteiger partial charge in [0, 0.05) is 12.3 Å². The molecule has 0 spiro atoms. The van der Waals surface area contributed by atoms with E-state index in [0.29, 0.717) is 16.7 Å². The van der Waals surface area contributed by atoms with Crippen molar-refractivity contribution in [2.24, 2.45) is 0 Å². The van der Waals surface area contributed by atoms with Crippen molar-refractivity contribution in [2.75, 3.05) is 12.5 Å². The molecule has 7 nitrogen and oxygen atoms in total. The van der Waals surface area contributed by atoms with Gasteiger partial charge in [0.25, 0.3) is 5.56 Å². The molecule has 1 aliphatic heterocycles. The van der Waals surface area contributed by atoms with Crippen molar-refractivity contribution in [1.29, 1.82) is 0 Å². The normalized spacial score (nSPS) is 24.4. The summed E-state index contributed by atoms with van der Waals surface area (Å²) in [6.07, 6.45) is -3.71. The summed E-state index contributed by atoms with van der Waals surface area (Å²) in [7, 11) is 0. The topological polar surface area (TPSA) is 93.6 Å². The van der Waals surface area contributed by atoms with Crippen LogP contribution in [0.25, 0.3) is 0 Å². The number of rotatable bonds is 8. The Morgan fingerprint density at radius 2 is 1.74 bits per heavy atom. The van der Waals surface area contributed by atoms with Crippen LogP contribution in [0, 0.1) is 0 Å². The predicted octanol–water partition coefficient (Wildman–Crippen LogP) is 3.28. The van der Waals surface area contributed by atoms with E-state index in [0.717, 1.165) is 16.8 Å². The van der Waals surface area contributed by atoms with Crippen LogP contribution in [0.1, 0.15) is 24.3 Å². The van der Waals surface area contributed by atoms with Gasteiger partial charge in [-0.15, -0.1) is 11.6 Å². The first-order valence-electron chi connectivity index (χ1n) is 11.0.